The molecule has 2 unspecified atom stereocenters. The summed E-state index contributed by atoms with van der Waals surface area (Å²) < 4.78 is 11.5. The van der Waals surface area contributed by atoms with Crippen molar-refractivity contribution in [1.29, 1.82) is 0 Å². The average molecular weight is 208 g/mol. The van der Waals surface area contributed by atoms with Crippen molar-refractivity contribution >= 4 is 0 Å². The lowest BCUT2D eigenvalue weighted by Crippen LogP contribution is -2.53. The van der Waals surface area contributed by atoms with Gasteiger partial charge in [-0.3, -0.25) is 0 Å². The summed E-state index contributed by atoms with van der Waals surface area (Å²) in [5.41, 5.74) is -0.511. The molecule has 3 heteroatoms. The minimum atomic E-state index is -0.562. The zero-order chi connectivity index (χ0) is 11.1. The standard InChI is InChI=1S/C12H16O3/c1-8(13)11-12(2,3)15-10-7-5-4-6-9(10)14-11/h4-8,11,13H,1-3H3. The summed E-state index contributed by atoms with van der Waals surface area (Å²) >= 11 is 0. The van der Waals surface area contributed by atoms with Gasteiger partial charge in [0, 0.05) is 0 Å². The minimum absolute atomic E-state index is 0.340. The van der Waals surface area contributed by atoms with Crippen LogP contribution >= 0.6 is 0 Å². The quantitative estimate of drug-likeness (QED) is 0.767. The molecule has 0 aromatic heterocycles. The Morgan fingerprint density at radius 3 is 2.47 bits per heavy atom. The number of fused-ring (bicyclic) bond motifs is 1. The Morgan fingerprint density at radius 1 is 1.27 bits per heavy atom. The molecule has 82 valence electrons. The first kappa shape index (κ1) is 10.3. The van der Waals surface area contributed by atoms with Crippen LogP contribution in [0, 0.1) is 0 Å². The van der Waals surface area contributed by atoms with Crippen LogP contribution in [0.25, 0.3) is 0 Å². The zero-order valence-electron chi connectivity index (χ0n) is 9.23. The molecule has 1 aliphatic heterocycles. The number of hydrogen-bond acceptors (Lipinski definition) is 3. The van der Waals surface area contributed by atoms with E-state index in [1.807, 2.05) is 38.1 Å². The van der Waals surface area contributed by atoms with E-state index in [-0.39, 0.29) is 6.10 Å². The van der Waals surface area contributed by atoms with Crippen molar-refractivity contribution in [2.45, 2.75) is 38.6 Å². The lowest BCUT2D eigenvalue weighted by molar-refractivity contribution is -0.0932. The van der Waals surface area contributed by atoms with Gasteiger partial charge in [0.25, 0.3) is 0 Å². The molecular formula is C12H16O3. The van der Waals surface area contributed by atoms with Crippen molar-refractivity contribution in [3.05, 3.63) is 24.3 Å². The molecule has 1 aliphatic rings. The monoisotopic (exact) mass is 208 g/mol. The van der Waals surface area contributed by atoms with E-state index in [0.29, 0.717) is 5.75 Å². The Balaban J connectivity index is 2.36. The van der Waals surface area contributed by atoms with Crippen LogP contribution in [0.4, 0.5) is 0 Å². The van der Waals surface area contributed by atoms with Gasteiger partial charge in [0.05, 0.1) is 6.10 Å². The fraction of sp³-hybridized carbons (Fsp3) is 0.500. The SMILES string of the molecule is CC(O)C1Oc2ccccc2OC1(C)C. The lowest BCUT2D eigenvalue weighted by Gasteiger charge is -2.41. The summed E-state index contributed by atoms with van der Waals surface area (Å²) in [6.45, 7) is 5.55. The summed E-state index contributed by atoms with van der Waals surface area (Å²) in [5.74, 6) is 1.43. The first-order valence-corrected chi connectivity index (χ1v) is 5.13. The Labute approximate surface area is 89.6 Å². The van der Waals surface area contributed by atoms with Crippen LogP contribution in [-0.4, -0.2) is 22.9 Å². The lowest BCUT2D eigenvalue weighted by atomic mass is 9.95. The van der Waals surface area contributed by atoms with E-state index in [1.165, 1.54) is 0 Å². The van der Waals surface area contributed by atoms with E-state index in [4.69, 9.17) is 9.47 Å². The molecule has 0 saturated carbocycles. The predicted octanol–water partition coefficient (Wildman–Crippen LogP) is 1.99. The van der Waals surface area contributed by atoms with Gasteiger partial charge < -0.3 is 14.6 Å². The number of aliphatic hydroxyl groups is 1. The normalized spacial score (nSPS) is 24.7. The van der Waals surface area contributed by atoms with Gasteiger partial charge in [-0.2, -0.15) is 0 Å². The largest absolute Gasteiger partial charge is 0.480 e. The van der Waals surface area contributed by atoms with Crippen LogP contribution in [0.15, 0.2) is 24.3 Å². The molecule has 0 aliphatic carbocycles. The van der Waals surface area contributed by atoms with Gasteiger partial charge in [0.2, 0.25) is 0 Å². The van der Waals surface area contributed by atoms with Crippen molar-refractivity contribution in [2.24, 2.45) is 0 Å². The predicted molar refractivity (Wildman–Crippen MR) is 57.2 cm³/mol. The maximum atomic E-state index is 9.63. The molecule has 0 fully saturated rings. The van der Waals surface area contributed by atoms with E-state index in [1.54, 1.807) is 6.92 Å². The molecule has 3 nitrogen and oxygen atoms in total. The van der Waals surface area contributed by atoms with E-state index in [9.17, 15) is 5.11 Å². The summed E-state index contributed by atoms with van der Waals surface area (Å²) in [6.07, 6.45) is -0.902. The highest BCUT2D eigenvalue weighted by molar-refractivity contribution is 5.41. The van der Waals surface area contributed by atoms with E-state index >= 15 is 0 Å². The molecule has 1 N–H and O–H groups in total. The second kappa shape index (κ2) is 3.42. The van der Waals surface area contributed by atoms with Crippen molar-refractivity contribution in [1.82, 2.24) is 0 Å². The van der Waals surface area contributed by atoms with Crippen molar-refractivity contribution in [3.8, 4) is 11.5 Å². The number of ether oxygens (including phenoxy) is 2. The molecule has 15 heavy (non-hydrogen) atoms. The number of aliphatic hydroxyl groups excluding tert-OH is 1. The number of para-hydroxylation sites is 2. The molecular weight excluding hydrogens is 192 g/mol. The number of benzene rings is 1. The third-order valence-electron chi connectivity index (χ3n) is 2.60. The van der Waals surface area contributed by atoms with Crippen LogP contribution < -0.4 is 9.47 Å². The third-order valence-corrected chi connectivity index (χ3v) is 2.60. The van der Waals surface area contributed by atoms with Gasteiger partial charge in [0.15, 0.2) is 17.6 Å². The van der Waals surface area contributed by atoms with Crippen LogP contribution in [0.2, 0.25) is 0 Å². The Bertz CT molecular complexity index is 358. The maximum Gasteiger partial charge on any atom is 0.163 e. The van der Waals surface area contributed by atoms with Crippen molar-refractivity contribution in [2.75, 3.05) is 0 Å². The highest BCUT2D eigenvalue weighted by Gasteiger charge is 2.41. The molecule has 2 rings (SSSR count). The fourth-order valence-electron chi connectivity index (χ4n) is 1.93. The van der Waals surface area contributed by atoms with E-state index in [0.717, 1.165) is 5.75 Å². The topological polar surface area (TPSA) is 38.7 Å². The van der Waals surface area contributed by atoms with Crippen LogP contribution in [0.5, 0.6) is 11.5 Å². The molecule has 0 amide bonds. The maximum absolute atomic E-state index is 9.63. The summed E-state index contributed by atoms with van der Waals surface area (Å²) in [6, 6.07) is 7.51. The minimum Gasteiger partial charge on any atom is -0.480 e. The Kier molecular flexibility index (Phi) is 2.35. The first-order valence-electron chi connectivity index (χ1n) is 5.13. The third kappa shape index (κ3) is 1.79. The van der Waals surface area contributed by atoms with Crippen molar-refractivity contribution < 1.29 is 14.6 Å². The molecule has 1 aromatic rings. The molecule has 0 radical (unpaired) electrons. The van der Waals surface area contributed by atoms with Crippen molar-refractivity contribution in [3.63, 3.8) is 0 Å². The smallest absolute Gasteiger partial charge is 0.163 e. The fourth-order valence-corrected chi connectivity index (χ4v) is 1.93. The Hall–Kier alpha value is -1.22. The summed E-state index contributed by atoms with van der Waals surface area (Å²) in [7, 11) is 0. The zero-order valence-corrected chi connectivity index (χ0v) is 9.23. The second-order valence-electron chi connectivity index (χ2n) is 4.43. The van der Waals surface area contributed by atoms with Crippen LogP contribution in [0.3, 0.4) is 0 Å². The Morgan fingerprint density at radius 2 is 1.87 bits per heavy atom. The van der Waals surface area contributed by atoms with Gasteiger partial charge in [-0.15, -0.1) is 0 Å². The second-order valence-corrected chi connectivity index (χ2v) is 4.43. The van der Waals surface area contributed by atoms with Gasteiger partial charge in [-0.05, 0) is 32.9 Å². The van der Waals surface area contributed by atoms with Gasteiger partial charge >= 0.3 is 0 Å². The molecule has 2 atom stereocenters. The molecule has 0 saturated heterocycles. The van der Waals surface area contributed by atoms with Gasteiger partial charge in [0.1, 0.15) is 5.60 Å². The molecule has 1 aromatic carbocycles. The highest BCUT2D eigenvalue weighted by Crippen LogP contribution is 2.38. The molecule has 1 heterocycles. The van der Waals surface area contributed by atoms with Crippen LogP contribution in [0.1, 0.15) is 20.8 Å². The van der Waals surface area contributed by atoms with E-state index in [2.05, 4.69) is 0 Å². The average Bonchev–Trinajstić information content (AvgIpc) is 2.14. The first-order chi connectivity index (χ1) is 7.00. The van der Waals surface area contributed by atoms with E-state index < -0.39 is 11.7 Å². The highest BCUT2D eigenvalue weighted by atomic mass is 16.6. The summed E-state index contributed by atoms with van der Waals surface area (Å²) in [4.78, 5) is 0. The van der Waals surface area contributed by atoms with Gasteiger partial charge in [-0.1, -0.05) is 12.1 Å². The van der Waals surface area contributed by atoms with Crippen LogP contribution in [-0.2, 0) is 0 Å². The van der Waals surface area contributed by atoms with Gasteiger partial charge in [-0.25, -0.2) is 0 Å². The molecule has 0 spiro atoms. The number of rotatable bonds is 1. The molecule has 0 bridgehead atoms. The summed E-state index contributed by atoms with van der Waals surface area (Å²) in [5, 5.41) is 9.63. The number of hydrogen-bond donors (Lipinski definition) is 1.